The predicted molar refractivity (Wildman–Crippen MR) is 77.6 cm³/mol. The van der Waals surface area contributed by atoms with Crippen LogP contribution in [0.3, 0.4) is 0 Å². The third-order valence-electron chi connectivity index (χ3n) is 2.85. The lowest BCUT2D eigenvalue weighted by Gasteiger charge is -2.24. The van der Waals surface area contributed by atoms with E-state index in [1.165, 1.54) is 16.1 Å². The van der Waals surface area contributed by atoms with E-state index in [2.05, 4.69) is 20.8 Å². The lowest BCUT2D eigenvalue weighted by Crippen LogP contribution is -2.30. The number of rotatable bonds is 4. The van der Waals surface area contributed by atoms with E-state index in [0.717, 1.165) is 12.1 Å². The van der Waals surface area contributed by atoms with Crippen LogP contribution in [0.1, 0.15) is 39.7 Å². The third kappa shape index (κ3) is 3.73. The summed E-state index contributed by atoms with van der Waals surface area (Å²) in [6.45, 7) is 8.92. The number of hydrogen-bond acceptors (Lipinski definition) is 2. The van der Waals surface area contributed by atoms with E-state index in [1.807, 2.05) is 31.2 Å². The van der Waals surface area contributed by atoms with Crippen molar-refractivity contribution in [3.63, 3.8) is 0 Å². The first-order valence-corrected chi connectivity index (χ1v) is 8.09. The van der Waals surface area contributed by atoms with Crippen LogP contribution in [0.2, 0.25) is 0 Å². The van der Waals surface area contributed by atoms with Crippen LogP contribution in [0, 0.1) is 0 Å². The molecule has 102 valence electrons. The van der Waals surface area contributed by atoms with Crippen molar-refractivity contribution in [3.05, 3.63) is 29.8 Å². The van der Waals surface area contributed by atoms with E-state index in [4.69, 9.17) is 0 Å². The molecule has 0 N–H and O–H groups in total. The Hall–Kier alpha value is -1.03. The van der Waals surface area contributed by atoms with Crippen LogP contribution in [-0.4, -0.2) is 21.2 Å². The van der Waals surface area contributed by atoms with Crippen molar-refractivity contribution in [3.8, 4) is 0 Å². The van der Waals surface area contributed by atoms with Gasteiger partial charge in [-0.25, -0.2) is 8.42 Å². The highest BCUT2D eigenvalue weighted by molar-refractivity contribution is 7.92. The van der Waals surface area contributed by atoms with E-state index >= 15 is 0 Å². The van der Waals surface area contributed by atoms with Gasteiger partial charge in [0, 0.05) is 6.54 Å². The number of sulfonamides is 1. The average Bonchev–Trinajstić information content (AvgIpc) is 2.23. The number of benzene rings is 1. The standard InChI is InChI=1S/C14H23NO2S/c1-6-11-15(18(5,16)17)13-9-7-12(8-10-13)14(2,3)4/h7-10H,6,11H2,1-5H3. The fourth-order valence-corrected chi connectivity index (χ4v) is 2.84. The highest BCUT2D eigenvalue weighted by atomic mass is 32.2. The Morgan fingerprint density at radius 2 is 1.61 bits per heavy atom. The molecular weight excluding hydrogens is 246 g/mol. The molecule has 0 aliphatic carbocycles. The number of hydrogen-bond donors (Lipinski definition) is 0. The molecular formula is C14H23NO2S. The van der Waals surface area contributed by atoms with Crippen LogP contribution in [0.4, 0.5) is 5.69 Å². The molecule has 0 radical (unpaired) electrons. The zero-order chi connectivity index (χ0) is 14.0. The van der Waals surface area contributed by atoms with Gasteiger partial charge in [0.05, 0.1) is 11.9 Å². The van der Waals surface area contributed by atoms with E-state index < -0.39 is 10.0 Å². The van der Waals surface area contributed by atoms with Gasteiger partial charge in [0.25, 0.3) is 0 Å². The smallest absolute Gasteiger partial charge is 0.232 e. The molecule has 4 heteroatoms. The molecule has 1 aromatic carbocycles. The average molecular weight is 269 g/mol. The minimum atomic E-state index is -3.20. The maximum absolute atomic E-state index is 11.7. The fourth-order valence-electron chi connectivity index (χ4n) is 1.82. The van der Waals surface area contributed by atoms with Gasteiger partial charge >= 0.3 is 0 Å². The van der Waals surface area contributed by atoms with Gasteiger partial charge in [0.1, 0.15) is 0 Å². The molecule has 0 saturated carbocycles. The van der Waals surface area contributed by atoms with Gasteiger partial charge < -0.3 is 0 Å². The summed E-state index contributed by atoms with van der Waals surface area (Å²) in [5.41, 5.74) is 2.03. The number of nitrogens with zero attached hydrogens (tertiary/aromatic N) is 1. The van der Waals surface area contributed by atoms with Crippen LogP contribution in [0.5, 0.6) is 0 Å². The lowest BCUT2D eigenvalue weighted by molar-refractivity contribution is 0.590. The summed E-state index contributed by atoms with van der Waals surface area (Å²) in [4.78, 5) is 0. The van der Waals surface area contributed by atoms with Crippen LogP contribution in [0.25, 0.3) is 0 Å². The zero-order valence-corrected chi connectivity index (χ0v) is 12.7. The minimum absolute atomic E-state index is 0.0825. The molecule has 0 aromatic heterocycles. The summed E-state index contributed by atoms with van der Waals surface area (Å²) in [6, 6.07) is 7.78. The maximum atomic E-state index is 11.7. The van der Waals surface area contributed by atoms with Gasteiger partial charge in [-0.3, -0.25) is 4.31 Å². The predicted octanol–water partition coefficient (Wildman–Crippen LogP) is 3.16. The highest BCUT2D eigenvalue weighted by Gasteiger charge is 2.18. The van der Waals surface area contributed by atoms with Crippen molar-refractivity contribution >= 4 is 15.7 Å². The summed E-state index contributed by atoms with van der Waals surface area (Å²) < 4.78 is 24.9. The molecule has 0 atom stereocenters. The fraction of sp³-hybridized carbons (Fsp3) is 0.571. The largest absolute Gasteiger partial charge is 0.270 e. The summed E-state index contributed by atoms with van der Waals surface area (Å²) in [5.74, 6) is 0. The zero-order valence-electron chi connectivity index (χ0n) is 11.9. The first-order chi connectivity index (χ1) is 8.16. The topological polar surface area (TPSA) is 37.4 Å². The normalized spacial score (nSPS) is 12.5. The molecule has 1 rings (SSSR count). The first-order valence-electron chi connectivity index (χ1n) is 6.24. The molecule has 0 heterocycles. The Morgan fingerprint density at radius 3 is 1.94 bits per heavy atom. The van der Waals surface area contributed by atoms with Crippen LogP contribution in [0.15, 0.2) is 24.3 Å². The summed E-state index contributed by atoms with van der Waals surface area (Å²) >= 11 is 0. The van der Waals surface area contributed by atoms with Crippen LogP contribution >= 0.6 is 0 Å². The minimum Gasteiger partial charge on any atom is -0.270 e. The Labute approximate surface area is 111 Å². The maximum Gasteiger partial charge on any atom is 0.232 e. The first kappa shape index (κ1) is 15.0. The Balaban J connectivity index is 3.09. The molecule has 0 saturated heterocycles. The Kier molecular flexibility index (Phi) is 4.43. The molecule has 0 amide bonds. The molecule has 0 aliphatic rings. The second kappa shape index (κ2) is 5.31. The van der Waals surface area contributed by atoms with Gasteiger partial charge in [0.15, 0.2) is 0 Å². The van der Waals surface area contributed by atoms with Crippen molar-refractivity contribution in [1.82, 2.24) is 0 Å². The third-order valence-corrected chi connectivity index (χ3v) is 4.04. The highest BCUT2D eigenvalue weighted by Crippen LogP contribution is 2.25. The molecule has 0 aliphatic heterocycles. The van der Waals surface area contributed by atoms with Gasteiger partial charge in [0.2, 0.25) is 10.0 Å². The number of anilines is 1. The lowest BCUT2D eigenvalue weighted by atomic mass is 9.87. The van der Waals surface area contributed by atoms with E-state index in [-0.39, 0.29) is 5.41 Å². The van der Waals surface area contributed by atoms with Gasteiger partial charge in [-0.2, -0.15) is 0 Å². The Bertz CT molecular complexity index is 484. The van der Waals surface area contributed by atoms with Crippen LogP contribution < -0.4 is 4.31 Å². The second-order valence-electron chi connectivity index (χ2n) is 5.63. The van der Waals surface area contributed by atoms with E-state index in [0.29, 0.717) is 6.54 Å². The van der Waals surface area contributed by atoms with Crippen LogP contribution in [-0.2, 0) is 15.4 Å². The summed E-state index contributed by atoms with van der Waals surface area (Å²) in [5, 5.41) is 0. The molecule has 1 aromatic rings. The SMILES string of the molecule is CCCN(c1ccc(C(C)(C)C)cc1)S(C)(=O)=O. The van der Waals surface area contributed by atoms with Gasteiger partial charge in [-0.05, 0) is 29.5 Å². The summed E-state index contributed by atoms with van der Waals surface area (Å²) in [6.07, 6.45) is 2.05. The quantitative estimate of drug-likeness (QED) is 0.842. The molecule has 0 spiro atoms. The Morgan fingerprint density at radius 1 is 1.11 bits per heavy atom. The molecule has 0 unspecified atom stereocenters. The van der Waals surface area contributed by atoms with Crippen molar-refractivity contribution in [1.29, 1.82) is 0 Å². The molecule has 3 nitrogen and oxygen atoms in total. The van der Waals surface area contributed by atoms with E-state index in [9.17, 15) is 8.42 Å². The second-order valence-corrected chi connectivity index (χ2v) is 7.54. The van der Waals surface area contributed by atoms with Gasteiger partial charge in [-0.15, -0.1) is 0 Å². The molecule has 0 fully saturated rings. The molecule has 18 heavy (non-hydrogen) atoms. The van der Waals surface area contributed by atoms with E-state index in [1.54, 1.807) is 0 Å². The van der Waals surface area contributed by atoms with Crippen molar-refractivity contribution in [2.75, 3.05) is 17.1 Å². The summed E-state index contributed by atoms with van der Waals surface area (Å²) in [7, 11) is -3.20. The van der Waals surface area contributed by atoms with Crippen molar-refractivity contribution in [2.45, 2.75) is 39.5 Å². The van der Waals surface area contributed by atoms with Gasteiger partial charge in [-0.1, -0.05) is 39.8 Å². The van der Waals surface area contributed by atoms with Crippen molar-refractivity contribution < 1.29 is 8.42 Å². The van der Waals surface area contributed by atoms with Crippen molar-refractivity contribution in [2.24, 2.45) is 0 Å². The monoisotopic (exact) mass is 269 g/mol. The molecule has 0 bridgehead atoms.